The molecule has 42 heavy (non-hydrogen) atoms. The Morgan fingerprint density at radius 2 is 1.17 bits per heavy atom. The van der Waals surface area contributed by atoms with E-state index in [0.29, 0.717) is 5.41 Å². The van der Waals surface area contributed by atoms with Crippen LogP contribution in [-0.4, -0.2) is 9.52 Å². The van der Waals surface area contributed by atoms with Gasteiger partial charge in [0.15, 0.2) is 0 Å². The maximum absolute atomic E-state index is 2.71. The van der Waals surface area contributed by atoms with E-state index in [1.807, 2.05) is 0 Å². The Morgan fingerprint density at radius 1 is 0.643 bits per heavy atom. The van der Waals surface area contributed by atoms with Crippen molar-refractivity contribution < 1.29 is 0 Å². The number of benzene rings is 1. The van der Waals surface area contributed by atoms with Gasteiger partial charge in [-0.3, -0.25) is 0 Å². The second kappa shape index (κ2) is 18.3. The largest absolute Gasteiger partial charge is 0.0837 e. The molecular formula is C41H66Si. The van der Waals surface area contributed by atoms with Gasteiger partial charge in [-0.15, -0.1) is 0 Å². The van der Waals surface area contributed by atoms with Gasteiger partial charge in [-0.25, -0.2) is 0 Å². The molecule has 0 nitrogen and oxygen atoms in total. The van der Waals surface area contributed by atoms with E-state index in [0.717, 1.165) is 0 Å². The normalized spacial score (nSPS) is 22.2. The van der Waals surface area contributed by atoms with Gasteiger partial charge in [0.25, 0.3) is 0 Å². The van der Waals surface area contributed by atoms with Crippen LogP contribution in [-0.2, 0) is 0 Å². The first kappa shape index (κ1) is 34.9. The zero-order valence-electron chi connectivity index (χ0n) is 28.8. The van der Waals surface area contributed by atoms with Crippen molar-refractivity contribution >= 4 is 14.7 Å². The van der Waals surface area contributed by atoms with E-state index < -0.39 is 9.52 Å². The average molecular weight is 587 g/mol. The van der Waals surface area contributed by atoms with E-state index in [1.165, 1.54) is 139 Å². The molecule has 0 amide bonds. The highest BCUT2D eigenvalue weighted by molar-refractivity contribution is 6.58. The van der Waals surface area contributed by atoms with Crippen molar-refractivity contribution in [3.63, 3.8) is 0 Å². The molecule has 234 valence electrons. The first-order valence-electron chi connectivity index (χ1n) is 18.1. The van der Waals surface area contributed by atoms with Crippen LogP contribution < -0.4 is 5.19 Å². The summed E-state index contributed by atoms with van der Waals surface area (Å²) in [5, 5.41) is 1.90. The van der Waals surface area contributed by atoms with Gasteiger partial charge in [0, 0.05) is 5.04 Å². The first-order valence-corrected chi connectivity index (χ1v) is 19.5. The summed E-state index contributed by atoms with van der Waals surface area (Å²) < 4.78 is 0. The van der Waals surface area contributed by atoms with Gasteiger partial charge in [0.2, 0.25) is 0 Å². The Hall–Kier alpha value is -1.60. The molecular weight excluding hydrogens is 521 g/mol. The van der Waals surface area contributed by atoms with Gasteiger partial charge in [0.1, 0.15) is 0 Å². The van der Waals surface area contributed by atoms with Crippen molar-refractivity contribution in [3.05, 3.63) is 76.4 Å². The average Bonchev–Trinajstić information content (AvgIpc) is 3.15. The fraction of sp³-hybridized carbons (Fsp3) is 0.659. The van der Waals surface area contributed by atoms with Crippen LogP contribution >= 0.6 is 0 Å². The van der Waals surface area contributed by atoms with Crippen LogP contribution in [0.25, 0.3) is 0 Å². The summed E-state index contributed by atoms with van der Waals surface area (Å²) in [5.41, 5.74) is 7.90. The highest BCUT2D eigenvalue weighted by Crippen LogP contribution is 2.56. The summed E-state index contributed by atoms with van der Waals surface area (Å²) in [6, 6.07) is 7.32. The molecule has 0 aliphatic heterocycles. The molecule has 0 bridgehead atoms. The Kier molecular flexibility index (Phi) is 15.2. The predicted octanol–water partition coefficient (Wildman–Crippen LogP) is 12.1. The van der Waals surface area contributed by atoms with Crippen LogP contribution in [0.5, 0.6) is 0 Å². The monoisotopic (exact) mass is 586 g/mol. The van der Waals surface area contributed by atoms with Gasteiger partial charge in [0.05, 0.1) is 9.52 Å². The summed E-state index contributed by atoms with van der Waals surface area (Å²) in [4.78, 5) is 0. The second-order valence-electron chi connectivity index (χ2n) is 14.5. The third kappa shape index (κ3) is 11.2. The topological polar surface area (TPSA) is 0 Å². The van der Waals surface area contributed by atoms with Crippen molar-refractivity contribution in [1.82, 2.24) is 0 Å². The molecule has 0 spiro atoms. The minimum absolute atomic E-state index is 0.263. The lowest BCUT2D eigenvalue weighted by Crippen LogP contribution is -2.35. The minimum Gasteiger partial charge on any atom is -0.0837 e. The highest BCUT2D eigenvalue weighted by atomic mass is 28.2. The van der Waals surface area contributed by atoms with E-state index >= 15 is 0 Å². The number of unbranched alkanes of at least 4 members (excludes halogenated alkanes) is 15. The van der Waals surface area contributed by atoms with E-state index in [-0.39, 0.29) is 5.04 Å². The van der Waals surface area contributed by atoms with E-state index in [2.05, 4.69) is 90.1 Å². The number of aryl methyl sites for hydroxylation is 2. The number of allylic oxidation sites excluding steroid dienone is 8. The molecule has 2 aliphatic carbocycles. The van der Waals surface area contributed by atoms with Crippen molar-refractivity contribution in [2.45, 2.75) is 169 Å². The molecule has 0 saturated heterocycles. The first-order chi connectivity index (χ1) is 20.3. The Labute approximate surface area is 264 Å². The Bertz CT molecular complexity index is 1050. The Balaban J connectivity index is 1.44. The third-order valence-electron chi connectivity index (χ3n) is 10.6. The molecule has 0 fully saturated rings. The van der Waals surface area contributed by atoms with Gasteiger partial charge in [-0.05, 0) is 64.9 Å². The van der Waals surface area contributed by atoms with Crippen LogP contribution in [0.1, 0.15) is 161 Å². The lowest BCUT2D eigenvalue weighted by Gasteiger charge is -2.41. The maximum Gasteiger partial charge on any atom is 0.0706 e. The summed E-state index contributed by atoms with van der Waals surface area (Å²) in [6.07, 6.45) is 39.3. The lowest BCUT2D eigenvalue weighted by molar-refractivity contribution is 0.291. The molecule has 0 saturated carbocycles. The Morgan fingerprint density at radius 3 is 1.62 bits per heavy atom. The van der Waals surface area contributed by atoms with Crippen molar-refractivity contribution in [2.24, 2.45) is 5.41 Å². The van der Waals surface area contributed by atoms with Crippen LogP contribution in [0.4, 0.5) is 0 Å². The van der Waals surface area contributed by atoms with Crippen molar-refractivity contribution in [2.75, 3.05) is 0 Å². The van der Waals surface area contributed by atoms with Crippen LogP contribution in [0, 0.1) is 19.3 Å². The van der Waals surface area contributed by atoms with Gasteiger partial charge in [-0.1, -0.05) is 186 Å². The molecule has 2 atom stereocenters. The second-order valence-corrected chi connectivity index (χ2v) is 16.9. The summed E-state index contributed by atoms with van der Waals surface area (Å²) >= 11 is 0. The van der Waals surface area contributed by atoms with Gasteiger partial charge in [-0.2, -0.15) is 0 Å². The standard InChI is InChI=1S/C41H66Si/c1-7-8-9-10-11-12-13-14-15-16-17-18-19-20-21-23-26-40(27-24-22-25-28-40)33-41(32-36(4)37(5)38(41)6)42-39-30-34(2)29-35(3)31-39/h22,24-25,27,29-32H,7-21,23,26,28,33,42H2,1-6H3. The minimum atomic E-state index is -0.527. The zero-order chi connectivity index (χ0) is 30.3. The summed E-state index contributed by atoms with van der Waals surface area (Å²) in [5.74, 6) is 0. The highest BCUT2D eigenvalue weighted by Gasteiger charge is 2.42. The molecule has 0 N–H and O–H groups in total. The maximum atomic E-state index is 2.71. The number of hydrogen-bond acceptors (Lipinski definition) is 0. The molecule has 3 rings (SSSR count). The molecule has 2 unspecified atom stereocenters. The van der Waals surface area contributed by atoms with Crippen LogP contribution in [0.3, 0.4) is 0 Å². The smallest absolute Gasteiger partial charge is 0.0706 e. The van der Waals surface area contributed by atoms with Crippen LogP contribution in [0.2, 0.25) is 5.04 Å². The molecule has 0 aromatic heterocycles. The fourth-order valence-electron chi connectivity index (χ4n) is 8.03. The van der Waals surface area contributed by atoms with Crippen molar-refractivity contribution in [3.8, 4) is 0 Å². The fourth-order valence-corrected chi connectivity index (χ4v) is 11.2. The molecule has 2 aliphatic rings. The van der Waals surface area contributed by atoms with Crippen molar-refractivity contribution in [1.29, 1.82) is 0 Å². The number of hydrogen-bond donors (Lipinski definition) is 0. The van der Waals surface area contributed by atoms with E-state index in [1.54, 1.807) is 16.3 Å². The van der Waals surface area contributed by atoms with Gasteiger partial charge >= 0.3 is 0 Å². The quantitative estimate of drug-likeness (QED) is 0.0992. The molecule has 1 aromatic rings. The predicted molar refractivity (Wildman–Crippen MR) is 193 cm³/mol. The summed E-state index contributed by atoms with van der Waals surface area (Å²) in [7, 11) is -0.527. The molecule has 1 heteroatoms. The van der Waals surface area contributed by atoms with Gasteiger partial charge < -0.3 is 0 Å². The summed E-state index contributed by atoms with van der Waals surface area (Å²) in [6.45, 7) is 14.0. The van der Waals surface area contributed by atoms with E-state index in [9.17, 15) is 0 Å². The number of rotatable bonds is 21. The zero-order valence-corrected chi connectivity index (χ0v) is 30.2. The van der Waals surface area contributed by atoms with Crippen LogP contribution in [0.15, 0.2) is 65.3 Å². The third-order valence-corrected chi connectivity index (χ3v) is 13.0. The molecule has 0 heterocycles. The van der Waals surface area contributed by atoms with E-state index in [4.69, 9.17) is 0 Å². The molecule has 1 aromatic carbocycles. The lowest BCUT2D eigenvalue weighted by atomic mass is 9.70. The SMILES string of the molecule is CCCCCCCCCCCCCCCCCCC1(CC2([SiH2]c3cc(C)cc(C)c3)C=C(C)C(C)=C2C)C=CC=CC1. The molecule has 0 radical (unpaired) electrons.